The first kappa shape index (κ1) is 5.76. The van der Waals surface area contributed by atoms with Gasteiger partial charge in [-0.15, -0.1) is 0 Å². The smallest absolute Gasteiger partial charge is 0.0355 e. The summed E-state index contributed by atoms with van der Waals surface area (Å²) in [4.78, 5) is 0. The van der Waals surface area contributed by atoms with Gasteiger partial charge in [-0.1, -0.05) is 26.2 Å². The first-order chi connectivity index (χ1) is 4.39. The van der Waals surface area contributed by atoms with Gasteiger partial charge in [-0.3, -0.25) is 0 Å². The van der Waals surface area contributed by atoms with E-state index in [1.165, 1.54) is 19.3 Å². The average Bonchev–Trinajstić information content (AvgIpc) is 2.51. The predicted octanol–water partition coefficient (Wildman–Crippen LogP) is 2.83. The Morgan fingerprint density at radius 3 is 2.00 bits per heavy atom. The Morgan fingerprint density at radius 2 is 1.44 bits per heavy atom. The molecular weight excluding hydrogens is 108 g/mol. The highest BCUT2D eigenvalue weighted by molar-refractivity contribution is 4.94. The molecule has 0 nitrogen and oxygen atoms in total. The van der Waals surface area contributed by atoms with Gasteiger partial charge >= 0.3 is 0 Å². The molecule has 2 fully saturated rings. The van der Waals surface area contributed by atoms with E-state index in [4.69, 9.17) is 0 Å². The topological polar surface area (TPSA) is 0 Å². The van der Waals surface area contributed by atoms with Crippen molar-refractivity contribution in [3.63, 3.8) is 0 Å². The molecule has 0 heterocycles. The molecule has 0 radical (unpaired) electrons. The van der Waals surface area contributed by atoms with Crippen molar-refractivity contribution in [1.82, 2.24) is 0 Å². The second-order valence-electron chi connectivity index (χ2n) is 3.82. The van der Waals surface area contributed by atoms with E-state index in [0.29, 0.717) is 0 Å². The molecule has 2 saturated carbocycles. The summed E-state index contributed by atoms with van der Waals surface area (Å²) in [6, 6.07) is 0. The van der Waals surface area contributed by atoms with Crippen LogP contribution in [0.25, 0.3) is 0 Å². The fraction of sp³-hybridized carbons (Fsp3) is 1.00. The van der Waals surface area contributed by atoms with Crippen molar-refractivity contribution in [2.75, 3.05) is 0 Å². The summed E-state index contributed by atoms with van der Waals surface area (Å²) >= 11 is 0. The summed E-state index contributed by atoms with van der Waals surface area (Å²) in [6.07, 6.45) is 7.65. The highest BCUT2D eigenvalue weighted by atomic mass is 14.5. The molecular formula is C9H16. The minimum absolute atomic E-state index is 1.10. The van der Waals surface area contributed by atoms with Crippen LogP contribution in [-0.2, 0) is 0 Å². The van der Waals surface area contributed by atoms with Crippen molar-refractivity contribution in [3.8, 4) is 0 Å². The standard InChI is InChI=1S/C9H16/c1-7-8-5-3-2-4-6-9(7)8/h7-9H,2-6H2,1H3. The molecule has 0 saturated heterocycles. The number of hydrogen-bond acceptors (Lipinski definition) is 0. The molecule has 0 bridgehead atoms. The van der Waals surface area contributed by atoms with Gasteiger partial charge in [0, 0.05) is 0 Å². The maximum Gasteiger partial charge on any atom is -0.0355 e. The molecule has 9 heavy (non-hydrogen) atoms. The van der Waals surface area contributed by atoms with Gasteiger partial charge < -0.3 is 0 Å². The van der Waals surface area contributed by atoms with Crippen LogP contribution in [-0.4, -0.2) is 0 Å². The molecule has 0 aromatic carbocycles. The molecule has 0 aliphatic heterocycles. The summed E-state index contributed by atoms with van der Waals surface area (Å²) < 4.78 is 0. The summed E-state index contributed by atoms with van der Waals surface area (Å²) in [6.45, 7) is 2.43. The number of fused-ring (bicyclic) bond motifs is 1. The third kappa shape index (κ3) is 0.889. The normalized spacial score (nSPS) is 49.7. The lowest BCUT2D eigenvalue weighted by Crippen LogP contribution is -1.79. The third-order valence-corrected chi connectivity index (χ3v) is 3.33. The second-order valence-corrected chi connectivity index (χ2v) is 3.82. The van der Waals surface area contributed by atoms with E-state index in [-0.39, 0.29) is 0 Å². The first-order valence-corrected chi connectivity index (χ1v) is 4.39. The third-order valence-electron chi connectivity index (χ3n) is 3.33. The van der Waals surface area contributed by atoms with E-state index in [9.17, 15) is 0 Å². The molecule has 52 valence electrons. The van der Waals surface area contributed by atoms with E-state index in [0.717, 1.165) is 17.8 Å². The van der Waals surface area contributed by atoms with Crippen molar-refractivity contribution in [3.05, 3.63) is 0 Å². The van der Waals surface area contributed by atoms with Gasteiger partial charge in [0.1, 0.15) is 0 Å². The first-order valence-electron chi connectivity index (χ1n) is 4.39. The molecule has 0 heteroatoms. The molecule has 0 aromatic rings. The van der Waals surface area contributed by atoms with Crippen LogP contribution in [0.4, 0.5) is 0 Å². The fourth-order valence-electron chi connectivity index (χ4n) is 2.53. The molecule has 2 aliphatic carbocycles. The van der Waals surface area contributed by atoms with Gasteiger partial charge in [-0.25, -0.2) is 0 Å². The molecule has 2 unspecified atom stereocenters. The SMILES string of the molecule is CC1C2CCCCCC12. The minimum atomic E-state index is 1.10. The van der Waals surface area contributed by atoms with Crippen LogP contribution in [0.2, 0.25) is 0 Å². The van der Waals surface area contributed by atoms with Crippen LogP contribution in [0.15, 0.2) is 0 Å². The van der Waals surface area contributed by atoms with E-state index in [1.807, 2.05) is 0 Å². The monoisotopic (exact) mass is 124 g/mol. The number of rotatable bonds is 0. The largest absolute Gasteiger partial charge is 0.0620 e. The van der Waals surface area contributed by atoms with E-state index in [2.05, 4.69) is 6.92 Å². The lowest BCUT2D eigenvalue weighted by molar-refractivity contribution is 0.593. The molecule has 0 spiro atoms. The van der Waals surface area contributed by atoms with Crippen molar-refractivity contribution < 1.29 is 0 Å². The minimum Gasteiger partial charge on any atom is -0.0620 e. The van der Waals surface area contributed by atoms with Gasteiger partial charge in [-0.2, -0.15) is 0 Å². The van der Waals surface area contributed by atoms with Crippen LogP contribution in [0, 0.1) is 17.8 Å². The van der Waals surface area contributed by atoms with E-state index < -0.39 is 0 Å². The zero-order valence-corrected chi connectivity index (χ0v) is 6.27. The Morgan fingerprint density at radius 1 is 0.889 bits per heavy atom. The van der Waals surface area contributed by atoms with Crippen LogP contribution in [0.1, 0.15) is 39.0 Å². The summed E-state index contributed by atoms with van der Waals surface area (Å²) in [7, 11) is 0. The molecule has 2 atom stereocenters. The van der Waals surface area contributed by atoms with Crippen molar-refractivity contribution in [2.24, 2.45) is 17.8 Å². The lowest BCUT2D eigenvalue weighted by Gasteiger charge is -1.94. The zero-order valence-electron chi connectivity index (χ0n) is 6.27. The van der Waals surface area contributed by atoms with Crippen LogP contribution in [0.5, 0.6) is 0 Å². The zero-order chi connectivity index (χ0) is 6.27. The van der Waals surface area contributed by atoms with Crippen LogP contribution in [0.3, 0.4) is 0 Å². The summed E-state index contributed by atoms with van der Waals surface area (Å²) in [5.41, 5.74) is 0. The van der Waals surface area contributed by atoms with E-state index in [1.54, 1.807) is 12.8 Å². The fourth-order valence-corrected chi connectivity index (χ4v) is 2.53. The van der Waals surface area contributed by atoms with E-state index >= 15 is 0 Å². The Bertz CT molecular complexity index is 94.6. The van der Waals surface area contributed by atoms with Gasteiger partial charge in [0.05, 0.1) is 0 Å². The lowest BCUT2D eigenvalue weighted by atomic mass is 10.1. The Hall–Kier alpha value is 0. The molecule has 0 N–H and O–H groups in total. The Balaban J connectivity index is 1.93. The highest BCUT2D eigenvalue weighted by Gasteiger charge is 2.45. The molecule has 0 amide bonds. The maximum absolute atomic E-state index is 2.43. The van der Waals surface area contributed by atoms with Crippen molar-refractivity contribution in [1.29, 1.82) is 0 Å². The quantitative estimate of drug-likeness (QED) is 0.466. The van der Waals surface area contributed by atoms with Gasteiger partial charge in [-0.05, 0) is 30.6 Å². The predicted molar refractivity (Wildman–Crippen MR) is 39.2 cm³/mol. The Labute approximate surface area is 57.6 Å². The van der Waals surface area contributed by atoms with Gasteiger partial charge in [0.15, 0.2) is 0 Å². The Kier molecular flexibility index (Phi) is 1.28. The number of hydrogen-bond donors (Lipinski definition) is 0. The molecule has 2 rings (SSSR count). The van der Waals surface area contributed by atoms with Gasteiger partial charge in [0.2, 0.25) is 0 Å². The summed E-state index contributed by atoms with van der Waals surface area (Å²) in [5.74, 6) is 3.42. The maximum atomic E-state index is 2.43. The van der Waals surface area contributed by atoms with Crippen LogP contribution >= 0.6 is 0 Å². The van der Waals surface area contributed by atoms with Crippen LogP contribution < -0.4 is 0 Å². The molecule has 2 aliphatic rings. The second kappa shape index (κ2) is 2.00. The van der Waals surface area contributed by atoms with Crippen molar-refractivity contribution in [2.45, 2.75) is 39.0 Å². The summed E-state index contributed by atoms with van der Waals surface area (Å²) in [5, 5.41) is 0. The van der Waals surface area contributed by atoms with Gasteiger partial charge in [0.25, 0.3) is 0 Å². The average molecular weight is 124 g/mol. The van der Waals surface area contributed by atoms with Crippen molar-refractivity contribution >= 4 is 0 Å². The highest BCUT2D eigenvalue weighted by Crippen LogP contribution is 2.53. The molecule has 0 aromatic heterocycles.